The molecule has 0 fully saturated rings. The Hall–Kier alpha value is -0.740. The quantitative estimate of drug-likeness (QED) is 0.728. The third-order valence-corrected chi connectivity index (χ3v) is 1.69. The molecule has 0 bridgehead atoms. The number of aromatic amines is 1. The SMILES string of the molecule is CCc1nc(=S)cc(COC)[nH]1. The standard InChI is InChI=1S/C8H12N2OS/c1-3-7-9-6(5-11-2)4-8(12)10-7/h4H,3,5H2,1-2H3,(H,9,10,12). The third-order valence-electron chi connectivity index (χ3n) is 1.48. The van der Waals surface area contributed by atoms with Gasteiger partial charge in [0.05, 0.1) is 6.61 Å². The van der Waals surface area contributed by atoms with Gasteiger partial charge in [-0.25, -0.2) is 4.98 Å². The van der Waals surface area contributed by atoms with Crippen LogP contribution in [0, 0.1) is 4.64 Å². The zero-order chi connectivity index (χ0) is 8.97. The highest BCUT2D eigenvalue weighted by Gasteiger charge is 1.95. The average Bonchev–Trinajstić information content (AvgIpc) is 2.04. The molecule has 0 aliphatic heterocycles. The van der Waals surface area contributed by atoms with Gasteiger partial charge >= 0.3 is 0 Å². The topological polar surface area (TPSA) is 37.9 Å². The van der Waals surface area contributed by atoms with Crippen molar-refractivity contribution in [1.29, 1.82) is 0 Å². The van der Waals surface area contributed by atoms with Crippen LogP contribution in [0.2, 0.25) is 0 Å². The van der Waals surface area contributed by atoms with E-state index in [1.54, 1.807) is 7.11 Å². The van der Waals surface area contributed by atoms with Crippen molar-refractivity contribution in [3.05, 3.63) is 22.2 Å². The minimum absolute atomic E-state index is 0.555. The highest BCUT2D eigenvalue weighted by molar-refractivity contribution is 7.71. The molecule has 1 N–H and O–H groups in total. The maximum atomic E-state index is 4.98. The Labute approximate surface area is 76.8 Å². The van der Waals surface area contributed by atoms with Gasteiger partial charge in [-0.2, -0.15) is 0 Å². The van der Waals surface area contributed by atoms with Crippen LogP contribution in [0.4, 0.5) is 0 Å². The van der Waals surface area contributed by atoms with E-state index < -0.39 is 0 Å². The van der Waals surface area contributed by atoms with Crippen LogP contribution in [-0.4, -0.2) is 17.1 Å². The van der Waals surface area contributed by atoms with Crippen molar-refractivity contribution in [2.75, 3.05) is 7.11 Å². The molecule has 0 saturated heterocycles. The molecule has 0 spiro atoms. The Morgan fingerprint density at radius 1 is 1.67 bits per heavy atom. The summed E-state index contributed by atoms with van der Waals surface area (Å²) in [6, 6.07) is 1.82. The Kier molecular flexibility index (Phi) is 3.37. The third kappa shape index (κ3) is 2.39. The molecular formula is C8H12N2OS. The van der Waals surface area contributed by atoms with Crippen molar-refractivity contribution in [1.82, 2.24) is 9.97 Å². The number of H-pyrrole nitrogens is 1. The molecule has 1 aromatic heterocycles. The van der Waals surface area contributed by atoms with Gasteiger partial charge in [0.1, 0.15) is 10.5 Å². The summed E-state index contributed by atoms with van der Waals surface area (Å²) in [6.07, 6.45) is 0.862. The molecule has 0 amide bonds. The van der Waals surface area contributed by atoms with Crippen LogP contribution in [-0.2, 0) is 17.8 Å². The molecule has 66 valence electrons. The fraction of sp³-hybridized carbons (Fsp3) is 0.500. The molecular weight excluding hydrogens is 172 g/mol. The van der Waals surface area contributed by atoms with Crippen LogP contribution in [0.3, 0.4) is 0 Å². The number of nitrogens with zero attached hydrogens (tertiary/aromatic N) is 1. The fourth-order valence-electron chi connectivity index (χ4n) is 0.964. The summed E-state index contributed by atoms with van der Waals surface area (Å²) in [5.74, 6) is 0.912. The van der Waals surface area contributed by atoms with E-state index in [2.05, 4.69) is 9.97 Å². The van der Waals surface area contributed by atoms with Gasteiger partial charge in [-0.15, -0.1) is 0 Å². The number of nitrogens with one attached hydrogen (secondary N) is 1. The van der Waals surface area contributed by atoms with Crippen molar-refractivity contribution >= 4 is 12.2 Å². The monoisotopic (exact) mass is 184 g/mol. The first-order valence-electron chi connectivity index (χ1n) is 3.84. The Balaban J connectivity index is 2.98. The lowest BCUT2D eigenvalue weighted by Gasteiger charge is -2.02. The van der Waals surface area contributed by atoms with Crippen molar-refractivity contribution in [3.8, 4) is 0 Å². The van der Waals surface area contributed by atoms with Crippen LogP contribution in [0.15, 0.2) is 6.07 Å². The second-order valence-electron chi connectivity index (χ2n) is 2.48. The molecule has 0 atom stereocenters. The Bertz CT molecular complexity index is 308. The number of ether oxygens (including phenoxy) is 1. The molecule has 3 nitrogen and oxygen atoms in total. The molecule has 0 saturated carbocycles. The summed E-state index contributed by atoms with van der Waals surface area (Å²) in [5, 5.41) is 0. The summed E-state index contributed by atoms with van der Waals surface area (Å²) >= 11 is 4.98. The van der Waals surface area contributed by atoms with Crippen LogP contribution in [0.1, 0.15) is 18.4 Å². The normalized spacial score (nSPS) is 10.2. The van der Waals surface area contributed by atoms with Crippen LogP contribution >= 0.6 is 12.2 Å². The number of hydrogen-bond donors (Lipinski definition) is 1. The van der Waals surface area contributed by atoms with Crippen LogP contribution in [0.5, 0.6) is 0 Å². The number of aromatic nitrogens is 2. The van der Waals surface area contributed by atoms with Crippen molar-refractivity contribution in [3.63, 3.8) is 0 Å². The molecule has 4 heteroatoms. The van der Waals surface area contributed by atoms with Crippen molar-refractivity contribution < 1.29 is 4.74 Å². The molecule has 0 unspecified atom stereocenters. The lowest BCUT2D eigenvalue weighted by Crippen LogP contribution is -1.99. The van der Waals surface area contributed by atoms with Gasteiger partial charge in [-0.3, -0.25) is 0 Å². The van der Waals surface area contributed by atoms with Gasteiger partial charge in [0.2, 0.25) is 0 Å². The molecule has 1 aromatic rings. The first-order valence-corrected chi connectivity index (χ1v) is 4.25. The average molecular weight is 184 g/mol. The highest BCUT2D eigenvalue weighted by atomic mass is 32.1. The van der Waals surface area contributed by atoms with E-state index >= 15 is 0 Å². The maximum Gasteiger partial charge on any atom is 0.130 e. The lowest BCUT2D eigenvalue weighted by atomic mass is 10.4. The highest BCUT2D eigenvalue weighted by Crippen LogP contribution is 1.99. The van der Waals surface area contributed by atoms with Crippen LogP contribution < -0.4 is 0 Å². The van der Waals surface area contributed by atoms with Crippen molar-refractivity contribution in [2.24, 2.45) is 0 Å². The van der Waals surface area contributed by atoms with E-state index in [1.165, 1.54) is 0 Å². The molecule has 0 aromatic carbocycles. The largest absolute Gasteiger partial charge is 0.378 e. The summed E-state index contributed by atoms with van der Waals surface area (Å²) < 4.78 is 5.60. The lowest BCUT2D eigenvalue weighted by molar-refractivity contribution is 0.181. The number of hydrogen-bond acceptors (Lipinski definition) is 3. The van der Waals surface area contributed by atoms with E-state index in [0.717, 1.165) is 17.9 Å². The van der Waals surface area contributed by atoms with Gasteiger partial charge < -0.3 is 9.72 Å². The van der Waals surface area contributed by atoms with Gasteiger partial charge in [0, 0.05) is 19.2 Å². The predicted octanol–water partition coefficient (Wildman–Crippen LogP) is 1.85. The molecule has 12 heavy (non-hydrogen) atoms. The minimum atomic E-state index is 0.555. The van der Waals surface area contributed by atoms with Gasteiger partial charge in [0.25, 0.3) is 0 Å². The Morgan fingerprint density at radius 2 is 2.42 bits per heavy atom. The first kappa shape index (κ1) is 9.35. The summed E-state index contributed by atoms with van der Waals surface area (Å²) in [7, 11) is 1.66. The smallest absolute Gasteiger partial charge is 0.130 e. The number of rotatable bonds is 3. The molecule has 0 aliphatic carbocycles. The van der Waals surface area contributed by atoms with Gasteiger partial charge in [-0.05, 0) is 6.07 Å². The predicted molar refractivity (Wildman–Crippen MR) is 49.5 cm³/mol. The Morgan fingerprint density at radius 3 is 3.00 bits per heavy atom. The second-order valence-corrected chi connectivity index (χ2v) is 2.90. The summed E-state index contributed by atoms with van der Waals surface area (Å²) in [5.41, 5.74) is 0.981. The second kappa shape index (κ2) is 4.33. The van der Waals surface area contributed by atoms with E-state index in [1.807, 2.05) is 13.0 Å². The van der Waals surface area contributed by atoms with E-state index in [-0.39, 0.29) is 0 Å². The zero-order valence-corrected chi connectivity index (χ0v) is 8.07. The fourth-order valence-corrected chi connectivity index (χ4v) is 1.22. The van der Waals surface area contributed by atoms with Gasteiger partial charge in [-0.1, -0.05) is 19.1 Å². The maximum absolute atomic E-state index is 4.98. The van der Waals surface area contributed by atoms with E-state index in [9.17, 15) is 0 Å². The van der Waals surface area contributed by atoms with Gasteiger partial charge in [0.15, 0.2) is 0 Å². The summed E-state index contributed by atoms with van der Waals surface area (Å²) in [6.45, 7) is 2.59. The number of methoxy groups -OCH3 is 1. The van der Waals surface area contributed by atoms with E-state index in [4.69, 9.17) is 17.0 Å². The van der Waals surface area contributed by atoms with Crippen LogP contribution in [0.25, 0.3) is 0 Å². The van der Waals surface area contributed by atoms with Crippen molar-refractivity contribution in [2.45, 2.75) is 20.0 Å². The molecule has 0 radical (unpaired) electrons. The minimum Gasteiger partial charge on any atom is -0.378 e. The van der Waals surface area contributed by atoms with E-state index in [0.29, 0.717) is 11.2 Å². The first-order chi connectivity index (χ1) is 5.76. The zero-order valence-electron chi connectivity index (χ0n) is 7.26. The number of aryl methyl sites for hydroxylation is 1. The summed E-state index contributed by atoms with van der Waals surface area (Å²) in [4.78, 5) is 7.27. The molecule has 1 heterocycles. The molecule has 1 rings (SSSR count). The molecule has 0 aliphatic rings.